The van der Waals surface area contributed by atoms with Gasteiger partial charge in [-0.1, -0.05) is 26.0 Å². The first-order valence-corrected chi connectivity index (χ1v) is 10.6. The molecule has 0 radical (unpaired) electrons. The predicted octanol–water partition coefficient (Wildman–Crippen LogP) is 3.93. The fraction of sp³-hybridized carbons (Fsp3) is 0.350. The van der Waals surface area contributed by atoms with E-state index in [1.54, 1.807) is 19.9 Å². The highest BCUT2D eigenvalue weighted by atomic mass is 32.2. The number of nitrogens with zero attached hydrogens (tertiary/aromatic N) is 2. The molecule has 0 spiro atoms. The van der Waals surface area contributed by atoms with E-state index in [9.17, 15) is 26.4 Å². The molecule has 2 aromatic carbocycles. The molecule has 164 valence electrons. The molecular weight excluding hydrogens is 421 g/mol. The van der Waals surface area contributed by atoms with E-state index in [4.69, 9.17) is 4.74 Å². The lowest BCUT2D eigenvalue weighted by atomic mass is 10.1. The van der Waals surface area contributed by atoms with Crippen LogP contribution in [0.4, 0.5) is 18.9 Å². The molecule has 30 heavy (non-hydrogen) atoms. The SMILES string of the molecule is CCN(CC)S(=O)(=O)c1ccc(C(=O)N(CC(F)(F)F)c2ccccc2OC)cc1. The van der Waals surface area contributed by atoms with Gasteiger partial charge in [0.15, 0.2) is 0 Å². The van der Waals surface area contributed by atoms with E-state index in [1.165, 1.54) is 53.9 Å². The summed E-state index contributed by atoms with van der Waals surface area (Å²) in [7, 11) is -2.45. The molecule has 0 saturated heterocycles. The predicted molar refractivity (Wildman–Crippen MR) is 107 cm³/mol. The van der Waals surface area contributed by atoms with Crippen LogP contribution in [0.2, 0.25) is 0 Å². The Bertz CT molecular complexity index is 972. The Morgan fingerprint density at radius 1 is 1.00 bits per heavy atom. The van der Waals surface area contributed by atoms with Gasteiger partial charge in [-0.05, 0) is 36.4 Å². The molecule has 2 rings (SSSR count). The monoisotopic (exact) mass is 444 g/mol. The number of hydrogen-bond donors (Lipinski definition) is 0. The van der Waals surface area contributed by atoms with Gasteiger partial charge in [-0.25, -0.2) is 8.42 Å². The topological polar surface area (TPSA) is 66.9 Å². The zero-order valence-electron chi connectivity index (χ0n) is 16.8. The maximum atomic E-state index is 13.2. The van der Waals surface area contributed by atoms with E-state index < -0.39 is 28.7 Å². The number of halogens is 3. The first kappa shape index (κ1) is 23.7. The summed E-state index contributed by atoms with van der Waals surface area (Å²) in [5, 5.41) is 0. The maximum absolute atomic E-state index is 13.2. The fourth-order valence-electron chi connectivity index (χ4n) is 2.94. The quantitative estimate of drug-likeness (QED) is 0.619. The zero-order chi connectivity index (χ0) is 22.5. The Balaban J connectivity index is 2.44. The molecule has 0 unspecified atom stereocenters. The van der Waals surface area contributed by atoms with Crippen LogP contribution in [0.25, 0.3) is 0 Å². The number of amides is 1. The van der Waals surface area contributed by atoms with Crippen molar-refractivity contribution >= 4 is 21.6 Å². The van der Waals surface area contributed by atoms with E-state index in [1.807, 2.05) is 0 Å². The minimum atomic E-state index is -4.65. The third-order valence-electron chi connectivity index (χ3n) is 4.40. The Morgan fingerprint density at radius 3 is 2.07 bits per heavy atom. The minimum absolute atomic E-state index is 0.0394. The largest absolute Gasteiger partial charge is 0.495 e. The van der Waals surface area contributed by atoms with Crippen LogP contribution in [-0.2, 0) is 10.0 Å². The van der Waals surface area contributed by atoms with Crippen LogP contribution in [0.3, 0.4) is 0 Å². The number of hydrogen-bond acceptors (Lipinski definition) is 4. The molecule has 0 heterocycles. The van der Waals surface area contributed by atoms with E-state index in [0.717, 1.165) is 0 Å². The van der Waals surface area contributed by atoms with Crippen LogP contribution in [0, 0.1) is 0 Å². The Hall–Kier alpha value is -2.59. The standard InChI is InChI=1S/C20H23F3N2O4S/c1-4-24(5-2)30(27,28)16-12-10-15(11-13-16)19(26)25(14-20(21,22)23)17-8-6-7-9-18(17)29-3/h6-13H,4-5,14H2,1-3H3. The second kappa shape index (κ2) is 9.48. The van der Waals surface area contributed by atoms with Gasteiger partial charge in [0, 0.05) is 18.7 Å². The van der Waals surface area contributed by atoms with E-state index >= 15 is 0 Å². The number of rotatable bonds is 8. The number of ether oxygens (including phenoxy) is 1. The molecule has 0 saturated carbocycles. The highest BCUT2D eigenvalue weighted by molar-refractivity contribution is 7.89. The summed E-state index contributed by atoms with van der Waals surface area (Å²) in [5.74, 6) is -0.820. The molecule has 1 amide bonds. The Morgan fingerprint density at radius 2 is 1.57 bits per heavy atom. The molecule has 0 N–H and O–H groups in total. The van der Waals surface area contributed by atoms with E-state index in [-0.39, 0.29) is 35.0 Å². The molecule has 0 atom stereocenters. The van der Waals surface area contributed by atoms with Crippen LogP contribution < -0.4 is 9.64 Å². The molecule has 0 fully saturated rings. The third-order valence-corrected chi connectivity index (χ3v) is 6.47. The van der Waals surface area contributed by atoms with Crippen LogP contribution in [0.15, 0.2) is 53.4 Å². The van der Waals surface area contributed by atoms with E-state index in [2.05, 4.69) is 0 Å². The molecular formula is C20H23F3N2O4S. The smallest absolute Gasteiger partial charge is 0.406 e. The number of para-hydroxylation sites is 2. The number of carbonyl (C=O) groups excluding carboxylic acids is 1. The highest BCUT2D eigenvalue weighted by Gasteiger charge is 2.35. The molecule has 6 nitrogen and oxygen atoms in total. The van der Waals surface area contributed by atoms with Gasteiger partial charge in [0.05, 0.1) is 17.7 Å². The lowest BCUT2D eigenvalue weighted by Gasteiger charge is -2.26. The van der Waals surface area contributed by atoms with Crippen LogP contribution in [0.1, 0.15) is 24.2 Å². The zero-order valence-corrected chi connectivity index (χ0v) is 17.6. The lowest BCUT2D eigenvalue weighted by Crippen LogP contribution is -2.39. The second-order valence-corrected chi connectivity index (χ2v) is 8.23. The third kappa shape index (κ3) is 5.31. The number of sulfonamides is 1. The molecule has 10 heteroatoms. The van der Waals surface area contributed by atoms with Crippen molar-refractivity contribution < 1.29 is 31.1 Å². The second-order valence-electron chi connectivity index (χ2n) is 6.29. The lowest BCUT2D eigenvalue weighted by molar-refractivity contribution is -0.118. The Labute approximate surface area is 173 Å². The first-order chi connectivity index (χ1) is 14.0. The first-order valence-electron chi connectivity index (χ1n) is 9.17. The molecule has 2 aromatic rings. The van der Waals surface area contributed by atoms with Gasteiger partial charge in [0.2, 0.25) is 10.0 Å². The summed E-state index contributed by atoms with van der Waals surface area (Å²) in [6.07, 6.45) is -4.65. The Kier molecular flexibility index (Phi) is 7.49. The van der Waals surface area contributed by atoms with Crippen molar-refractivity contribution in [1.82, 2.24) is 4.31 Å². The minimum Gasteiger partial charge on any atom is -0.495 e. The molecule has 0 aromatic heterocycles. The number of alkyl halides is 3. The van der Waals surface area contributed by atoms with Crippen LogP contribution >= 0.6 is 0 Å². The van der Waals surface area contributed by atoms with Crippen molar-refractivity contribution in [2.45, 2.75) is 24.9 Å². The number of carbonyl (C=O) groups is 1. The summed E-state index contributed by atoms with van der Waals surface area (Å²) in [6, 6.07) is 10.7. The van der Waals surface area contributed by atoms with Gasteiger partial charge in [0.1, 0.15) is 12.3 Å². The van der Waals surface area contributed by atoms with Gasteiger partial charge in [-0.3, -0.25) is 9.69 Å². The van der Waals surface area contributed by atoms with Crippen molar-refractivity contribution in [2.24, 2.45) is 0 Å². The summed E-state index contributed by atoms with van der Waals surface area (Å²) < 4.78 is 71.0. The average Bonchev–Trinajstić information content (AvgIpc) is 2.71. The van der Waals surface area contributed by atoms with Gasteiger partial charge >= 0.3 is 6.18 Å². The normalized spacial score (nSPS) is 12.1. The summed E-state index contributed by atoms with van der Waals surface area (Å²) in [6.45, 7) is 2.41. The van der Waals surface area contributed by atoms with Crippen LogP contribution in [-0.4, -0.2) is 51.6 Å². The summed E-state index contributed by atoms with van der Waals surface area (Å²) >= 11 is 0. The van der Waals surface area contributed by atoms with Gasteiger partial charge in [-0.2, -0.15) is 17.5 Å². The van der Waals surface area contributed by atoms with Crippen molar-refractivity contribution in [3.8, 4) is 5.75 Å². The average molecular weight is 444 g/mol. The molecule has 0 aliphatic heterocycles. The van der Waals surface area contributed by atoms with Gasteiger partial charge in [-0.15, -0.1) is 0 Å². The summed E-state index contributed by atoms with van der Waals surface area (Å²) in [5.41, 5.74) is -0.120. The molecule has 0 aliphatic carbocycles. The number of benzene rings is 2. The van der Waals surface area contributed by atoms with Crippen molar-refractivity contribution in [3.05, 3.63) is 54.1 Å². The highest BCUT2D eigenvalue weighted by Crippen LogP contribution is 2.32. The van der Waals surface area contributed by atoms with Crippen LogP contribution in [0.5, 0.6) is 5.75 Å². The van der Waals surface area contributed by atoms with Crippen molar-refractivity contribution in [3.63, 3.8) is 0 Å². The summed E-state index contributed by atoms with van der Waals surface area (Å²) in [4.78, 5) is 13.4. The fourth-order valence-corrected chi connectivity index (χ4v) is 4.39. The molecule has 0 bridgehead atoms. The van der Waals surface area contributed by atoms with Gasteiger partial charge < -0.3 is 4.74 Å². The van der Waals surface area contributed by atoms with E-state index in [0.29, 0.717) is 4.90 Å². The molecule has 0 aliphatic rings. The van der Waals surface area contributed by atoms with Gasteiger partial charge in [0.25, 0.3) is 5.91 Å². The number of methoxy groups -OCH3 is 1. The number of anilines is 1. The maximum Gasteiger partial charge on any atom is 0.406 e. The van der Waals surface area contributed by atoms with Crippen molar-refractivity contribution in [1.29, 1.82) is 0 Å². The van der Waals surface area contributed by atoms with Crippen molar-refractivity contribution in [2.75, 3.05) is 31.6 Å².